The minimum atomic E-state index is -1.44. The average Bonchev–Trinajstić information content (AvgIpc) is 2.49. The summed E-state index contributed by atoms with van der Waals surface area (Å²) in [5, 5.41) is 0. The van der Waals surface area contributed by atoms with Gasteiger partial charge >= 0.3 is 0 Å². The lowest BCUT2D eigenvalue weighted by molar-refractivity contribution is 0.402. The van der Waals surface area contributed by atoms with Gasteiger partial charge in [0.25, 0.3) is 0 Å². The Morgan fingerprint density at radius 3 is 2.71 bits per heavy atom. The first-order valence-electron chi connectivity index (χ1n) is 7.16. The molecule has 0 heterocycles. The van der Waals surface area contributed by atoms with E-state index in [1.54, 1.807) is 18.2 Å². The summed E-state index contributed by atoms with van der Waals surface area (Å²) < 4.78 is 17.0. The third-order valence-electron chi connectivity index (χ3n) is 2.70. The smallest absolute Gasteiger partial charge is 0.190 e. The van der Waals surface area contributed by atoms with E-state index in [-0.39, 0.29) is 6.61 Å². The van der Waals surface area contributed by atoms with Gasteiger partial charge in [-0.15, -0.1) is 0 Å². The molecular weight excluding hydrogens is 280 g/mol. The van der Waals surface area contributed by atoms with Crippen LogP contribution in [0.3, 0.4) is 0 Å². The average molecular weight is 302 g/mol. The first-order valence-corrected chi connectivity index (χ1v) is 8.23. The van der Waals surface area contributed by atoms with E-state index in [0.29, 0.717) is 4.90 Å². The molecule has 0 aromatic heterocycles. The van der Waals surface area contributed by atoms with Crippen molar-refractivity contribution < 1.29 is 8.39 Å². The summed E-state index contributed by atoms with van der Waals surface area (Å²) in [6.07, 6.45) is 11.3. The van der Waals surface area contributed by atoms with Gasteiger partial charge in [0, 0.05) is 0 Å². The highest BCUT2D eigenvalue weighted by Crippen LogP contribution is 2.08. The Hall–Kier alpha value is -1.63. The first kappa shape index (κ1) is 17.4. The number of aryl methyl sites for hydroxylation is 1. The molecule has 0 aliphatic heterocycles. The monoisotopic (exact) mass is 302 g/mol. The van der Waals surface area contributed by atoms with Crippen molar-refractivity contribution >= 4 is 11.1 Å². The lowest BCUT2D eigenvalue weighted by Crippen LogP contribution is -1.98. The van der Waals surface area contributed by atoms with Crippen LogP contribution in [0.15, 0.2) is 53.5 Å². The van der Waals surface area contributed by atoms with Crippen molar-refractivity contribution in [3.05, 3.63) is 54.1 Å². The standard InChI is InChI=1S/C18H22O2S/c1-3-4-5-6-7-8-9-10-11-16-20-21(19)18-14-12-17(2)13-15-18/h6-9,12-15H,3-5,16H2,1-2H3/b7-6+,9-8+/t21-/m0/s1. The van der Waals surface area contributed by atoms with Crippen LogP contribution in [-0.2, 0) is 15.3 Å². The second-order valence-electron chi connectivity index (χ2n) is 4.56. The van der Waals surface area contributed by atoms with Crippen LogP contribution in [0.1, 0.15) is 31.7 Å². The summed E-state index contributed by atoms with van der Waals surface area (Å²) in [6, 6.07) is 7.44. The Kier molecular flexibility index (Phi) is 9.19. The summed E-state index contributed by atoms with van der Waals surface area (Å²) in [7, 11) is 0. The molecule has 1 aromatic carbocycles. The van der Waals surface area contributed by atoms with E-state index >= 15 is 0 Å². The molecule has 0 saturated heterocycles. The van der Waals surface area contributed by atoms with Crippen molar-refractivity contribution in [3.8, 4) is 11.8 Å². The predicted molar refractivity (Wildman–Crippen MR) is 89.1 cm³/mol. The summed E-state index contributed by atoms with van der Waals surface area (Å²) in [5.74, 6) is 5.66. The van der Waals surface area contributed by atoms with Gasteiger partial charge in [-0.25, -0.2) is 4.21 Å². The minimum Gasteiger partial charge on any atom is -0.274 e. The van der Waals surface area contributed by atoms with Crippen molar-refractivity contribution in [2.45, 2.75) is 38.0 Å². The van der Waals surface area contributed by atoms with Gasteiger partial charge in [0.15, 0.2) is 11.1 Å². The first-order chi connectivity index (χ1) is 10.2. The largest absolute Gasteiger partial charge is 0.274 e. The van der Waals surface area contributed by atoms with Crippen LogP contribution >= 0.6 is 0 Å². The van der Waals surface area contributed by atoms with E-state index in [1.807, 2.05) is 31.2 Å². The van der Waals surface area contributed by atoms with Crippen LogP contribution in [0.25, 0.3) is 0 Å². The highest BCUT2D eigenvalue weighted by atomic mass is 32.2. The van der Waals surface area contributed by atoms with Gasteiger partial charge in [-0.2, -0.15) is 0 Å². The number of hydrogen-bond acceptors (Lipinski definition) is 2. The van der Waals surface area contributed by atoms with Gasteiger partial charge < -0.3 is 0 Å². The Bertz CT molecular complexity index is 545. The SMILES string of the molecule is CCCC/C=C/C=C/C#CCO[S@](=O)c1ccc(C)cc1. The molecule has 0 fully saturated rings. The molecule has 112 valence electrons. The van der Waals surface area contributed by atoms with E-state index in [0.717, 1.165) is 12.0 Å². The van der Waals surface area contributed by atoms with E-state index in [9.17, 15) is 4.21 Å². The Balaban J connectivity index is 2.26. The molecule has 1 aromatic rings. The van der Waals surface area contributed by atoms with Crippen molar-refractivity contribution in [3.63, 3.8) is 0 Å². The van der Waals surface area contributed by atoms with Crippen molar-refractivity contribution in [1.29, 1.82) is 0 Å². The van der Waals surface area contributed by atoms with Gasteiger partial charge in [0.1, 0.15) is 6.61 Å². The molecule has 1 rings (SSSR count). The van der Waals surface area contributed by atoms with Crippen molar-refractivity contribution in [2.75, 3.05) is 6.61 Å². The maximum Gasteiger partial charge on any atom is 0.190 e. The summed E-state index contributed by atoms with van der Waals surface area (Å²) >= 11 is -1.44. The topological polar surface area (TPSA) is 26.3 Å². The van der Waals surface area contributed by atoms with Gasteiger partial charge in [-0.05, 0) is 31.6 Å². The molecule has 0 aliphatic carbocycles. The van der Waals surface area contributed by atoms with E-state index in [2.05, 4.69) is 24.8 Å². The maximum atomic E-state index is 11.8. The number of allylic oxidation sites excluding steroid dienone is 4. The van der Waals surface area contributed by atoms with Crippen molar-refractivity contribution in [1.82, 2.24) is 0 Å². The highest BCUT2D eigenvalue weighted by molar-refractivity contribution is 7.80. The third kappa shape index (κ3) is 8.29. The molecule has 2 nitrogen and oxygen atoms in total. The molecule has 0 saturated carbocycles. The fourth-order valence-corrected chi connectivity index (χ4v) is 2.16. The normalized spacial score (nSPS) is 12.5. The molecule has 1 atom stereocenters. The second-order valence-corrected chi connectivity index (χ2v) is 5.74. The molecule has 21 heavy (non-hydrogen) atoms. The van der Waals surface area contributed by atoms with Crippen LogP contribution < -0.4 is 0 Å². The third-order valence-corrected chi connectivity index (χ3v) is 3.69. The maximum absolute atomic E-state index is 11.8. The molecule has 0 aliphatic rings. The lowest BCUT2D eigenvalue weighted by atomic mass is 10.2. The zero-order chi connectivity index (χ0) is 15.3. The molecule has 0 unspecified atom stereocenters. The predicted octanol–water partition coefficient (Wildman–Crippen LogP) is 4.34. The van der Waals surface area contributed by atoms with Crippen LogP contribution in [0.4, 0.5) is 0 Å². The minimum absolute atomic E-state index is 0.157. The fourth-order valence-electron chi connectivity index (χ4n) is 1.50. The molecule has 0 amide bonds. The van der Waals surface area contributed by atoms with Crippen LogP contribution in [0.2, 0.25) is 0 Å². The van der Waals surface area contributed by atoms with Crippen molar-refractivity contribution in [2.24, 2.45) is 0 Å². The zero-order valence-electron chi connectivity index (χ0n) is 12.7. The number of hydrogen-bond donors (Lipinski definition) is 0. The van der Waals surface area contributed by atoms with Crippen LogP contribution in [-0.4, -0.2) is 10.8 Å². The summed E-state index contributed by atoms with van der Waals surface area (Å²) in [5.41, 5.74) is 1.13. The van der Waals surface area contributed by atoms with Crippen LogP contribution in [0, 0.1) is 18.8 Å². The van der Waals surface area contributed by atoms with Gasteiger partial charge in [0.2, 0.25) is 0 Å². The molecular formula is C18H22O2S. The van der Waals surface area contributed by atoms with Gasteiger partial charge in [-0.1, -0.05) is 67.5 Å². The number of rotatable bonds is 7. The van der Waals surface area contributed by atoms with Crippen LogP contribution in [0.5, 0.6) is 0 Å². The quantitative estimate of drug-likeness (QED) is 0.425. The lowest BCUT2D eigenvalue weighted by Gasteiger charge is -2.00. The molecule has 0 N–H and O–H groups in total. The molecule has 0 radical (unpaired) electrons. The number of unbranched alkanes of at least 4 members (excludes halogenated alkanes) is 2. The molecule has 3 heteroatoms. The molecule has 0 spiro atoms. The highest BCUT2D eigenvalue weighted by Gasteiger charge is 2.02. The zero-order valence-corrected chi connectivity index (χ0v) is 13.5. The second kappa shape index (κ2) is 11.1. The van der Waals surface area contributed by atoms with Gasteiger partial charge in [0.05, 0.1) is 4.90 Å². The Morgan fingerprint density at radius 2 is 2.00 bits per heavy atom. The Labute approximate surface area is 130 Å². The van der Waals surface area contributed by atoms with Gasteiger partial charge in [-0.3, -0.25) is 4.18 Å². The van der Waals surface area contributed by atoms with E-state index in [1.165, 1.54) is 12.8 Å². The Morgan fingerprint density at radius 1 is 1.24 bits per heavy atom. The molecule has 0 bridgehead atoms. The fraction of sp³-hybridized carbons (Fsp3) is 0.333. The summed E-state index contributed by atoms with van der Waals surface area (Å²) in [6.45, 7) is 4.32. The summed E-state index contributed by atoms with van der Waals surface area (Å²) in [4.78, 5) is 0.664. The number of benzene rings is 1. The van der Waals surface area contributed by atoms with E-state index < -0.39 is 11.1 Å². The van der Waals surface area contributed by atoms with E-state index in [4.69, 9.17) is 4.18 Å².